The third kappa shape index (κ3) is 52.3. The normalized spacial score (nSPS) is 11.7. The summed E-state index contributed by atoms with van der Waals surface area (Å²) in [6.07, 6.45) is 86.9. The van der Waals surface area contributed by atoms with Gasteiger partial charge in [-0.25, -0.2) is 0 Å². The van der Waals surface area contributed by atoms with Crippen molar-refractivity contribution in [3.8, 4) is 17.2 Å². The van der Waals surface area contributed by atoms with Crippen molar-refractivity contribution in [2.45, 2.75) is 406 Å². The monoisotopic (exact) mass is 1160 g/mol. The van der Waals surface area contributed by atoms with Gasteiger partial charge in [0.15, 0.2) is 11.5 Å². The van der Waals surface area contributed by atoms with Crippen molar-refractivity contribution in [1.29, 1.82) is 0 Å². The van der Waals surface area contributed by atoms with E-state index in [0.29, 0.717) is 19.8 Å². The van der Waals surface area contributed by atoms with E-state index in [-0.39, 0.29) is 0 Å². The van der Waals surface area contributed by atoms with E-state index in [2.05, 4.69) is 37.9 Å². The molecule has 1 aromatic carbocycles. The SMILES string of the molecule is CCCCCCCCCCCCCCCCCCCCCCOc1cc(N=Cc2ccccn2)cc(OCCCCCCCCCCCCCCCCCCCCCC)c1OCCCCCCCCCCCCCCCCCCCCCC. The van der Waals surface area contributed by atoms with Crippen molar-refractivity contribution in [3.05, 3.63) is 42.2 Å². The third-order valence-electron chi connectivity index (χ3n) is 17.8. The van der Waals surface area contributed by atoms with Crippen LogP contribution in [0.1, 0.15) is 412 Å². The predicted molar refractivity (Wildman–Crippen MR) is 368 cm³/mol. The number of hydrogen-bond acceptors (Lipinski definition) is 5. The Hall–Kier alpha value is -2.56. The number of hydrogen-bond donors (Lipinski definition) is 0. The van der Waals surface area contributed by atoms with E-state index < -0.39 is 0 Å². The van der Waals surface area contributed by atoms with E-state index in [4.69, 9.17) is 19.2 Å². The summed E-state index contributed by atoms with van der Waals surface area (Å²) in [6, 6.07) is 10.1. The number of nitrogens with zero attached hydrogens (tertiary/aromatic N) is 2. The minimum absolute atomic E-state index is 0.681. The Morgan fingerprint density at radius 2 is 0.518 bits per heavy atom. The summed E-state index contributed by atoms with van der Waals surface area (Å²) in [4.78, 5) is 9.40. The largest absolute Gasteiger partial charge is 0.489 e. The molecule has 1 heterocycles. The summed E-state index contributed by atoms with van der Waals surface area (Å²) in [7, 11) is 0. The number of unbranched alkanes of at least 4 members (excludes halogenated alkanes) is 57. The fourth-order valence-electron chi connectivity index (χ4n) is 12.2. The molecule has 0 aliphatic carbocycles. The van der Waals surface area contributed by atoms with Crippen molar-refractivity contribution in [2.24, 2.45) is 4.99 Å². The molecular formula is C78H142N2O3. The molecule has 0 saturated carbocycles. The maximum Gasteiger partial charge on any atom is 0.203 e. The lowest BCUT2D eigenvalue weighted by atomic mass is 10.0. The molecule has 0 unspecified atom stereocenters. The molecule has 0 atom stereocenters. The number of benzene rings is 1. The first kappa shape index (κ1) is 76.5. The highest BCUT2D eigenvalue weighted by molar-refractivity contribution is 5.80. The summed E-state index contributed by atoms with van der Waals surface area (Å²) in [6.45, 7) is 8.97. The highest BCUT2D eigenvalue weighted by atomic mass is 16.5. The Balaban J connectivity index is 1.78. The number of aliphatic imine (C=N–C) groups is 1. The van der Waals surface area contributed by atoms with Crippen LogP contribution in [0.3, 0.4) is 0 Å². The quantitative estimate of drug-likeness (QED) is 0.0489. The van der Waals surface area contributed by atoms with Gasteiger partial charge in [-0.1, -0.05) is 393 Å². The Labute approximate surface area is 518 Å². The molecule has 0 spiro atoms. The highest BCUT2D eigenvalue weighted by Crippen LogP contribution is 2.42. The minimum Gasteiger partial charge on any atom is -0.489 e. The van der Waals surface area contributed by atoms with E-state index >= 15 is 0 Å². The Bertz CT molecular complexity index is 1530. The van der Waals surface area contributed by atoms with Gasteiger partial charge in [-0.15, -0.1) is 0 Å². The van der Waals surface area contributed by atoms with Crippen LogP contribution in [0.4, 0.5) is 5.69 Å². The summed E-state index contributed by atoms with van der Waals surface area (Å²) in [5.41, 5.74) is 1.66. The molecule has 0 aliphatic heterocycles. The van der Waals surface area contributed by atoms with E-state index in [1.165, 1.54) is 366 Å². The summed E-state index contributed by atoms with van der Waals surface area (Å²) >= 11 is 0. The van der Waals surface area contributed by atoms with Gasteiger partial charge in [-0.3, -0.25) is 9.98 Å². The molecule has 0 fully saturated rings. The summed E-state index contributed by atoms with van der Waals surface area (Å²) in [5.74, 6) is 2.30. The lowest BCUT2D eigenvalue weighted by Crippen LogP contribution is -2.06. The van der Waals surface area contributed by atoms with Gasteiger partial charge in [0, 0.05) is 18.3 Å². The number of ether oxygens (including phenoxy) is 3. The first-order valence-corrected chi connectivity index (χ1v) is 37.8. The van der Waals surface area contributed by atoms with Crippen LogP contribution >= 0.6 is 0 Å². The van der Waals surface area contributed by atoms with Crippen LogP contribution in [0, 0.1) is 0 Å². The van der Waals surface area contributed by atoms with Gasteiger partial charge in [0.1, 0.15) is 0 Å². The molecule has 1 aromatic heterocycles. The second-order valence-corrected chi connectivity index (χ2v) is 26.0. The van der Waals surface area contributed by atoms with Crippen LogP contribution in [0.25, 0.3) is 0 Å². The van der Waals surface area contributed by atoms with E-state index in [1.807, 2.05) is 30.6 Å². The lowest BCUT2D eigenvalue weighted by molar-refractivity contribution is 0.234. The summed E-state index contributed by atoms with van der Waals surface area (Å²) < 4.78 is 20.0. The van der Waals surface area contributed by atoms with Crippen LogP contribution in [0.2, 0.25) is 0 Å². The van der Waals surface area contributed by atoms with Crippen molar-refractivity contribution < 1.29 is 14.2 Å². The second-order valence-electron chi connectivity index (χ2n) is 26.0. The molecule has 83 heavy (non-hydrogen) atoms. The zero-order chi connectivity index (χ0) is 58.9. The third-order valence-corrected chi connectivity index (χ3v) is 17.8. The topological polar surface area (TPSA) is 52.9 Å². The molecule has 0 radical (unpaired) electrons. The average Bonchev–Trinajstić information content (AvgIpc) is 3.55. The zero-order valence-electron chi connectivity index (χ0n) is 56.2. The van der Waals surface area contributed by atoms with Crippen molar-refractivity contribution in [2.75, 3.05) is 19.8 Å². The molecule has 482 valence electrons. The molecule has 5 heteroatoms. The van der Waals surface area contributed by atoms with E-state index in [0.717, 1.165) is 47.9 Å². The van der Waals surface area contributed by atoms with Gasteiger partial charge in [-0.05, 0) is 31.4 Å². The van der Waals surface area contributed by atoms with Crippen LogP contribution in [0.5, 0.6) is 17.2 Å². The van der Waals surface area contributed by atoms with Crippen molar-refractivity contribution in [1.82, 2.24) is 4.98 Å². The van der Waals surface area contributed by atoms with Gasteiger partial charge in [0.2, 0.25) is 5.75 Å². The van der Waals surface area contributed by atoms with Crippen molar-refractivity contribution >= 4 is 11.9 Å². The smallest absolute Gasteiger partial charge is 0.203 e. The van der Waals surface area contributed by atoms with Gasteiger partial charge >= 0.3 is 0 Å². The van der Waals surface area contributed by atoms with Gasteiger partial charge in [0.05, 0.1) is 37.4 Å². The Morgan fingerprint density at radius 1 is 0.289 bits per heavy atom. The van der Waals surface area contributed by atoms with Gasteiger partial charge < -0.3 is 14.2 Å². The molecular weight excluding hydrogens is 1010 g/mol. The first-order chi connectivity index (χ1) is 41.3. The maximum absolute atomic E-state index is 6.70. The minimum atomic E-state index is 0.681. The molecule has 0 saturated heterocycles. The van der Waals surface area contributed by atoms with Gasteiger partial charge in [-0.2, -0.15) is 0 Å². The standard InChI is InChI=1S/C78H142N2O3/c1-4-7-10-13-16-19-22-25-28-31-34-37-40-43-46-49-52-55-58-63-68-81-76-71-75(80-73-74-66-61-62-67-79-74)72-77(82-69-64-59-56-53-50-47-44-41-38-35-32-29-26-23-20-17-14-11-8-5-2)78(76)83-70-65-60-57-54-51-48-45-42-39-36-33-30-27-24-21-18-15-12-9-6-3/h61-62,66-67,71-73H,4-60,63-65,68-70H2,1-3H3. The molecule has 2 rings (SSSR count). The molecule has 2 aromatic rings. The maximum atomic E-state index is 6.70. The predicted octanol–water partition coefficient (Wildman–Crippen LogP) is 27.4. The average molecular weight is 1160 g/mol. The molecule has 0 bridgehead atoms. The molecule has 0 aliphatic rings. The van der Waals surface area contributed by atoms with Crippen LogP contribution in [-0.4, -0.2) is 31.0 Å². The molecule has 5 nitrogen and oxygen atoms in total. The Kier molecular flexibility index (Phi) is 59.0. The van der Waals surface area contributed by atoms with Crippen LogP contribution < -0.4 is 14.2 Å². The zero-order valence-corrected chi connectivity index (χ0v) is 56.2. The fraction of sp³-hybridized carbons (Fsp3) is 0.846. The lowest BCUT2D eigenvalue weighted by Gasteiger charge is -2.18. The number of aromatic nitrogens is 1. The van der Waals surface area contributed by atoms with Gasteiger partial charge in [0.25, 0.3) is 0 Å². The van der Waals surface area contributed by atoms with E-state index in [1.54, 1.807) is 0 Å². The summed E-state index contributed by atoms with van der Waals surface area (Å²) in [5, 5.41) is 0. The fourth-order valence-corrected chi connectivity index (χ4v) is 12.2. The molecule has 0 N–H and O–H groups in total. The molecule has 0 amide bonds. The highest BCUT2D eigenvalue weighted by Gasteiger charge is 2.17. The second kappa shape index (κ2) is 63.9. The Morgan fingerprint density at radius 3 is 0.747 bits per heavy atom. The first-order valence-electron chi connectivity index (χ1n) is 37.8. The van der Waals surface area contributed by atoms with E-state index in [9.17, 15) is 0 Å². The van der Waals surface area contributed by atoms with Crippen molar-refractivity contribution in [3.63, 3.8) is 0 Å². The number of rotatable bonds is 68. The number of pyridine rings is 1. The van der Waals surface area contributed by atoms with Crippen LogP contribution in [0.15, 0.2) is 41.5 Å². The van der Waals surface area contributed by atoms with Crippen LogP contribution in [-0.2, 0) is 0 Å².